The second kappa shape index (κ2) is 17.1. The number of nitrogens with zero attached hydrogens (tertiary/aromatic N) is 3. The van der Waals surface area contributed by atoms with E-state index in [-0.39, 0.29) is 35.5 Å². The summed E-state index contributed by atoms with van der Waals surface area (Å²) >= 11 is 3.34. The van der Waals surface area contributed by atoms with Crippen molar-refractivity contribution in [1.82, 2.24) is 30.8 Å². The Balaban J connectivity index is 0.000000179. The second-order valence-electron chi connectivity index (χ2n) is 16.6. The molecule has 2 aliphatic carbocycles. The molecule has 0 unspecified atom stereocenters. The number of nitrogens with one attached hydrogen (secondary N) is 3. The number of ether oxygens (including phenoxy) is 3. The number of carbonyl (C=O) groups is 3. The van der Waals surface area contributed by atoms with Crippen LogP contribution >= 0.6 is 22.7 Å². The third-order valence-electron chi connectivity index (χ3n) is 11.7. The van der Waals surface area contributed by atoms with Crippen LogP contribution in [0, 0.1) is 37.5 Å². The first kappa shape index (κ1) is 40.7. The van der Waals surface area contributed by atoms with Crippen LogP contribution < -0.4 is 16.0 Å². The summed E-state index contributed by atoms with van der Waals surface area (Å²) in [4.78, 5) is 48.5. The number of rotatable bonds is 10. The number of aromatic nitrogens is 2. The van der Waals surface area contributed by atoms with Crippen molar-refractivity contribution >= 4 is 41.0 Å². The summed E-state index contributed by atoms with van der Waals surface area (Å²) in [5.41, 5.74) is 3.17. The van der Waals surface area contributed by atoms with E-state index in [1.807, 2.05) is 101 Å². The molecule has 2 saturated heterocycles. The third-order valence-corrected chi connectivity index (χ3v) is 14.0. The van der Waals surface area contributed by atoms with Crippen LogP contribution in [0.15, 0.2) is 71.4 Å². The molecule has 0 bridgehead atoms. The Labute approximate surface area is 343 Å². The molecule has 8 rings (SSSR count). The van der Waals surface area contributed by atoms with Crippen LogP contribution in [0.2, 0.25) is 0 Å². The Morgan fingerprint density at radius 3 is 1.74 bits per heavy atom. The standard InChI is InChI=1S/C24H31N3O4S.C19H23N3O2S/c1-16-14-32-20(26-16)24(15-25-21(28)30-13-17-8-6-5-7-9-17)18-10-11-27(12-19(18)24)22(29)31-23(2,3)4;1-13-11-25-17(22-13)19(15-7-8-20-9-16(15)19)12-21-18(23)24-10-14-5-3-2-4-6-14/h5-9,14,18-19H,10-13,15H2,1-4H3,(H,25,28);2-6,11,15-16,20H,7-10,12H2,1H3,(H,21,23)/t18-,19+,24+;15-,16+,19+/m11/s1. The van der Waals surface area contributed by atoms with Crippen molar-refractivity contribution in [3.05, 3.63) is 104 Å². The van der Waals surface area contributed by atoms with E-state index < -0.39 is 11.7 Å². The summed E-state index contributed by atoms with van der Waals surface area (Å²) in [6.07, 6.45) is 0.942. The molecule has 6 atom stereocenters. The first-order chi connectivity index (χ1) is 27.4. The summed E-state index contributed by atoms with van der Waals surface area (Å²) in [6.45, 7) is 14.5. The average molecular weight is 815 g/mol. The molecule has 57 heavy (non-hydrogen) atoms. The van der Waals surface area contributed by atoms with Gasteiger partial charge >= 0.3 is 18.3 Å². The van der Waals surface area contributed by atoms with Crippen molar-refractivity contribution in [2.75, 3.05) is 39.3 Å². The fraction of sp³-hybridized carbons (Fsp3) is 0.512. The van der Waals surface area contributed by atoms with Gasteiger partial charge in [0.2, 0.25) is 0 Å². The number of thiazole rings is 2. The van der Waals surface area contributed by atoms with Crippen LogP contribution in [-0.2, 0) is 38.3 Å². The van der Waals surface area contributed by atoms with Crippen molar-refractivity contribution in [3.63, 3.8) is 0 Å². The summed E-state index contributed by atoms with van der Waals surface area (Å²) in [5, 5.41) is 15.8. The molecular weight excluding hydrogens is 761 g/mol. The predicted molar refractivity (Wildman–Crippen MR) is 220 cm³/mol. The molecule has 4 aliphatic rings. The quantitative estimate of drug-likeness (QED) is 0.140. The smallest absolute Gasteiger partial charge is 0.410 e. The molecular formula is C43H54N6O6S2. The van der Waals surface area contributed by atoms with E-state index in [1.165, 1.54) is 0 Å². The van der Waals surface area contributed by atoms with Gasteiger partial charge in [-0.15, -0.1) is 22.7 Å². The Hall–Kier alpha value is -4.53. The molecule has 2 saturated carbocycles. The van der Waals surface area contributed by atoms with Crippen molar-refractivity contribution in [3.8, 4) is 0 Å². The number of hydrogen-bond acceptors (Lipinski definition) is 11. The summed E-state index contributed by atoms with van der Waals surface area (Å²) in [7, 11) is 0. The highest BCUT2D eigenvalue weighted by Crippen LogP contribution is 2.64. The molecule has 3 N–H and O–H groups in total. The maximum Gasteiger partial charge on any atom is 0.410 e. The molecule has 4 fully saturated rings. The van der Waals surface area contributed by atoms with Gasteiger partial charge in [-0.2, -0.15) is 0 Å². The van der Waals surface area contributed by atoms with E-state index in [1.54, 1.807) is 27.6 Å². The number of piperidine rings is 2. The van der Waals surface area contributed by atoms with Crippen LogP contribution in [0.4, 0.5) is 14.4 Å². The number of carbonyl (C=O) groups excluding carboxylic acids is 3. The summed E-state index contributed by atoms with van der Waals surface area (Å²) in [6, 6.07) is 19.4. The lowest BCUT2D eigenvalue weighted by Gasteiger charge is -2.29. The highest BCUT2D eigenvalue weighted by atomic mass is 32.1. The SMILES string of the molecule is Cc1csc([C@@]2(CNC(=O)OCc3ccccc3)[C@@H]3CCN(C(=O)OC(C)(C)C)C[C@@H]32)n1.Cc1csc([C@@]2(CNC(=O)OCc3ccccc3)[C@@H]3CCNC[C@@H]32)n1. The highest BCUT2D eigenvalue weighted by molar-refractivity contribution is 7.10. The van der Waals surface area contributed by atoms with Crippen LogP contribution in [0.1, 0.15) is 66.1 Å². The minimum atomic E-state index is -0.523. The molecule has 0 spiro atoms. The van der Waals surface area contributed by atoms with Crippen LogP contribution in [0.3, 0.4) is 0 Å². The molecule has 2 aromatic carbocycles. The van der Waals surface area contributed by atoms with Gasteiger partial charge in [0.15, 0.2) is 0 Å². The first-order valence-electron chi connectivity index (χ1n) is 19.8. The van der Waals surface area contributed by atoms with Gasteiger partial charge in [-0.3, -0.25) is 0 Å². The molecule has 12 nitrogen and oxygen atoms in total. The normalized spacial score (nSPS) is 25.7. The molecule has 3 amide bonds. The predicted octanol–water partition coefficient (Wildman–Crippen LogP) is 7.36. The van der Waals surface area contributed by atoms with Crippen molar-refractivity contribution in [2.45, 2.75) is 77.1 Å². The zero-order valence-corrected chi connectivity index (χ0v) is 35.0. The minimum absolute atomic E-state index is 0.0196. The molecule has 14 heteroatoms. The van der Waals surface area contributed by atoms with E-state index in [4.69, 9.17) is 24.2 Å². The van der Waals surface area contributed by atoms with Gasteiger partial charge in [0.25, 0.3) is 0 Å². The van der Waals surface area contributed by atoms with Crippen LogP contribution in [0.25, 0.3) is 0 Å². The number of likely N-dealkylation sites (tertiary alicyclic amines) is 1. The number of amides is 3. The van der Waals surface area contributed by atoms with E-state index in [0.29, 0.717) is 50.5 Å². The van der Waals surface area contributed by atoms with Gasteiger partial charge in [0.1, 0.15) is 28.8 Å². The topological polar surface area (TPSA) is 144 Å². The molecule has 2 aromatic heterocycles. The van der Waals surface area contributed by atoms with E-state index in [9.17, 15) is 14.4 Å². The Kier molecular flexibility index (Phi) is 12.2. The minimum Gasteiger partial charge on any atom is -0.445 e. The molecule has 4 aromatic rings. The monoisotopic (exact) mass is 814 g/mol. The van der Waals surface area contributed by atoms with Gasteiger partial charge in [0.05, 0.1) is 0 Å². The number of fused-ring (bicyclic) bond motifs is 2. The lowest BCUT2D eigenvalue weighted by molar-refractivity contribution is 0.0206. The Morgan fingerprint density at radius 2 is 1.28 bits per heavy atom. The second-order valence-corrected chi connectivity index (χ2v) is 18.3. The lowest BCUT2D eigenvalue weighted by atomic mass is 10.0. The van der Waals surface area contributed by atoms with Gasteiger partial charge in [-0.25, -0.2) is 24.4 Å². The van der Waals surface area contributed by atoms with Gasteiger partial charge in [0, 0.05) is 59.2 Å². The first-order valence-corrected chi connectivity index (χ1v) is 21.6. The number of hydrogen-bond donors (Lipinski definition) is 3. The van der Waals surface area contributed by atoms with Crippen molar-refractivity contribution < 1.29 is 28.6 Å². The summed E-state index contributed by atoms with van der Waals surface area (Å²) < 4.78 is 16.3. The molecule has 0 radical (unpaired) electrons. The van der Waals surface area contributed by atoms with Gasteiger partial charge < -0.3 is 35.1 Å². The fourth-order valence-electron chi connectivity index (χ4n) is 8.80. The molecule has 4 heterocycles. The van der Waals surface area contributed by atoms with Crippen LogP contribution in [-0.4, -0.2) is 78.0 Å². The number of benzene rings is 2. The van der Waals surface area contributed by atoms with Crippen molar-refractivity contribution in [1.29, 1.82) is 0 Å². The van der Waals surface area contributed by atoms with Gasteiger partial charge in [-0.1, -0.05) is 60.7 Å². The Morgan fingerprint density at radius 1 is 0.772 bits per heavy atom. The van der Waals surface area contributed by atoms with Crippen molar-refractivity contribution in [2.24, 2.45) is 23.7 Å². The van der Waals surface area contributed by atoms with E-state index in [0.717, 1.165) is 58.5 Å². The highest BCUT2D eigenvalue weighted by Gasteiger charge is 2.69. The largest absolute Gasteiger partial charge is 0.445 e. The van der Waals surface area contributed by atoms with E-state index >= 15 is 0 Å². The number of alkyl carbamates (subject to hydrolysis) is 2. The summed E-state index contributed by atoms with van der Waals surface area (Å²) in [5.74, 6) is 1.78. The van der Waals surface area contributed by atoms with Gasteiger partial charge in [-0.05, 0) is 95.3 Å². The van der Waals surface area contributed by atoms with E-state index in [2.05, 4.69) is 21.3 Å². The number of aryl methyl sites for hydroxylation is 2. The lowest BCUT2D eigenvalue weighted by Crippen LogP contribution is -2.41. The fourth-order valence-corrected chi connectivity index (χ4v) is 11.1. The van der Waals surface area contributed by atoms with Crippen LogP contribution in [0.5, 0.6) is 0 Å². The Bertz CT molecular complexity index is 1990. The third kappa shape index (κ3) is 9.29. The average Bonchev–Trinajstić information content (AvgIpc) is 3.86. The maximum atomic E-state index is 12.6. The zero-order valence-electron chi connectivity index (χ0n) is 33.4. The molecule has 2 aliphatic heterocycles. The maximum absolute atomic E-state index is 12.6. The molecule has 304 valence electrons. The zero-order chi connectivity index (χ0) is 40.2.